The molecule has 4 rings (SSSR count). The summed E-state index contributed by atoms with van der Waals surface area (Å²) >= 11 is 0. The van der Waals surface area contributed by atoms with Crippen molar-refractivity contribution >= 4 is 5.91 Å². The lowest BCUT2D eigenvalue weighted by Crippen LogP contribution is -2.12. The van der Waals surface area contributed by atoms with Gasteiger partial charge in [-0.05, 0) is 48.4 Å². The largest absolute Gasteiger partial charge is 0.454 e. The fraction of sp³-hybridized carbons (Fsp3) is 0.143. The molecule has 0 unspecified atom stereocenters. The summed E-state index contributed by atoms with van der Waals surface area (Å²) in [6, 6.07) is 17.0. The van der Waals surface area contributed by atoms with Gasteiger partial charge < -0.3 is 19.8 Å². The van der Waals surface area contributed by atoms with Crippen molar-refractivity contribution < 1.29 is 14.3 Å². The van der Waals surface area contributed by atoms with Crippen LogP contribution in [0.3, 0.4) is 0 Å². The lowest BCUT2D eigenvalue weighted by Gasteiger charge is -2.13. The molecule has 27 heavy (non-hydrogen) atoms. The standard InChI is InChI=1S/C21H17N3O3/c1-13-17(21(23)25)9-18(16-4-2-3-14(7-16)10-22)24(13)11-15-5-6-19-20(8-15)27-12-26-19/h2-9H,11-12H2,1H3,(H2,23,25). The molecule has 0 radical (unpaired) electrons. The maximum Gasteiger partial charge on any atom is 0.250 e. The third-order valence-electron chi connectivity index (χ3n) is 4.70. The van der Waals surface area contributed by atoms with Gasteiger partial charge in [0.2, 0.25) is 6.79 Å². The average Bonchev–Trinajstić information content (AvgIpc) is 3.26. The Kier molecular flexibility index (Phi) is 4.05. The molecule has 2 N–H and O–H groups in total. The van der Waals surface area contributed by atoms with Crippen LogP contribution in [0.25, 0.3) is 11.3 Å². The van der Waals surface area contributed by atoms with E-state index in [4.69, 9.17) is 15.2 Å². The van der Waals surface area contributed by atoms with E-state index in [0.29, 0.717) is 23.4 Å². The van der Waals surface area contributed by atoms with Gasteiger partial charge in [0.15, 0.2) is 11.5 Å². The van der Waals surface area contributed by atoms with Crippen molar-refractivity contribution in [3.8, 4) is 28.8 Å². The highest BCUT2D eigenvalue weighted by molar-refractivity contribution is 5.95. The molecule has 2 aromatic carbocycles. The van der Waals surface area contributed by atoms with Crippen molar-refractivity contribution in [3.63, 3.8) is 0 Å². The molecule has 2 heterocycles. The molecule has 0 saturated heterocycles. The van der Waals surface area contributed by atoms with E-state index in [9.17, 15) is 10.1 Å². The van der Waals surface area contributed by atoms with Crippen LogP contribution in [0, 0.1) is 18.3 Å². The second-order valence-corrected chi connectivity index (χ2v) is 6.36. The number of fused-ring (bicyclic) bond motifs is 1. The SMILES string of the molecule is Cc1c(C(N)=O)cc(-c2cccc(C#N)c2)n1Cc1ccc2c(c1)OCO2. The number of nitrogens with zero attached hydrogens (tertiary/aromatic N) is 2. The monoisotopic (exact) mass is 359 g/mol. The quantitative estimate of drug-likeness (QED) is 0.774. The summed E-state index contributed by atoms with van der Waals surface area (Å²) in [5.74, 6) is 0.956. The predicted molar refractivity (Wildman–Crippen MR) is 99.5 cm³/mol. The number of nitriles is 1. The molecule has 6 nitrogen and oxygen atoms in total. The van der Waals surface area contributed by atoms with E-state index in [1.165, 1.54) is 0 Å². The van der Waals surface area contributed by atoms with Gasteiger partial charge in [0.1, 0.15) is 0 Å². The van der Waals surface area contributed by atoms with Crippen molar-refractivity contribution in [2.75, 3.05) is 6.79 Å². The maximum absolute atomic E-state index is 11.9. The van der Waals surface area contributed by atoms with Crippen LogP contribution in [0.2, 0.25) is 0 Å². The highest BCUT2D eigenvalue weighted by Gasteiger charge is 2.19. The summed E-state index contributed by atoms with van der Waals surface area (Å²) < 4.78 is 12.8. The molecule has 1 aromatic heterocycles. The van der Waals surface area contributed by atoms with Gasteiger partial charge in [-0.1, -0.05) is 18.2 Å². The minimum Gasteiger partial charge on any atom is -0.454 e. The zero-order chi connectivity index (χ0) is 19.0. The molecule has 0 atom stereocenters. The first-order valence-corrected chi connectivity index (χ1v) is 8.46. The number of hydrogen-bond acceptors (Lipinski definition) is 4. The Labute approximate surface area is 156 Å². The number of primary amides is 1. The Balaban J connectivity index is 1.81. The van der Waals surface area contributed by atoms with Gasteiger partial charge in [-0.15, -0.1) is 0 Å². The molecule has 0 fully saturated rings. The molecule has 1 aliphatic heterocycles. The Morgan fingerprint density at radius 1 is 1.19 bits per heavy atom. The first-order chi connectivity index (χ1) is 13.1. The Morgan fingerprint density at radius 2 is 2.00 bits per heavy atom. The molecule has 134 valence electrons. The fourth-order valence-corrected chi connectivity index (χ4v) is 3.31. The van der Waals surface area contributed by atoms with E-state index in [-0.39, 0.29) is 6.79 Å². The number of benzene rings is 2. The Hall–Kier alpha value is -3.72. The van der Waals surface area contributed by atoms with E-state index < -0.39 is 5.91 Å². The van der Waals surface area contributed by atoms with Gasteiger partial charge in [0.05, 0.1) is 17.2 Å². The number of aromatic nitrogens is 1. The highest BCUT2D eigenvalue weighted by Crippen LogP contribution is 2.34. The number of ether oxygens (including phenoxy) is 2. The van der Waals surface area contributed by atoms with E-state index >= 15 is 0 Å². The Bertz CT molecular complexity index is 1090. The van der Waals surface area contributed by atoms with Crippen LogP contribution in [-0.2, 0) is 6.54 Å². The van der Waals surface area contributed by atoms with Gasteiger partial charge >= 0.3 is 0 Å². The first kappa shape index (κ1) is 16.7. The summed E-state index contributed by atoms with van der Waals surface area (Å²) in [6.07, 6.45) is 0. The number of carbonyl (C=O) groups is 1. The second-order valence-electron chi connectivity index (χ2n) is 6.36. The third-order valence-corrected chi connectivity index (χ3v) is 4.70. The van der Waals surface area contributed by atoms with Crippen LogP contribution in [0.5, 0.6) is 11.5 Å². The van der Waals surface area contributed by atoms with Gasteiger partial charge in [0.25, 0.3) is 5.91 Å². The summed E-state index contributed by atoms with van der Waals surface area (Å²) in [4.78, 5) is 11.9. The lowest BCUT2D eigenvalue weighted by atomic mass is 10.1. The van der Waals surface area contributed by atoms with Crippen LogP contribution in [-0.4, -0.2) is 17.3 Å². The summed E-state index contributed by atoms with van der Waals surface area (Å²) in [5.41, 5.74) is 10.0. The molecule has 3 aromatic rings. The summed E-state index contributed by atoms with van der Waals surface area (Å²) in [5, 5.41) is 9.19. The van der Waals surface area contributed by atoms with Crippen molar-refractivity contribution in [2.24, 2.45) is 5.73 Å². The number of rotatable bonds is 4. The summed E-state index contributed by atoms with van der Waals surface area (Å²) in [6.45, 7) is 2.62. The number of carbonyl (C=O) groups excluding carboxylic acids is 1. The Morgan fingerprint density at radius 3 is 2.78 bits per heavy atom. The zero-order valence-corrected chi connectivity index (χ0v) is 14.7. The van der Waals surface area contributed by atoms with Gasteiger partial charge in [-0.25, -0.2) is 0 Å². The molecular weight excluding hydrogens is 342 g/mol. The smallest absolute Gasteiger partial charge is 0.250 e. The molecule has 1 aliphatic rings. The molecule has 6 heteroatoms. The van der Waals surface area contributed by atoms with Gasteiger partial charge in [-0.3, -0.25) is 4.79 Å². The van der Waals surface area contributed by atoms with Crippen molar-refractivity contribution in [3.05, 3.63) is 70.9 Å². The fourth-order valence-electron chi connectivity index (χ4n) is 3.31. The van der Waals surface area contributed by atoms with E-state index in [2.05, 4.69) is 6.07 Å². The molecule has 0 spiro atoms. The van der Waals surface area contributed by atoms with Gasteiger partial charge in [-0.2, -0.15) is 5.26 Å². The topological polar surface area (TPSA) is 90.3 Å². The molecule has 0 bridgehead atoms. The predicted octanol–water partition coefficient (Wildman–Crippen LogP) is 3.21. The minimum atomic E-state index is -0.477. The van der Waals surface area contributed by atoms with E-state index in [1.54, 1.807) is 18.2 Å². The third kappa shape index (κ3) is 3.00. The summed E-state index contributed by atoms with van der Waals surface area (Å²) in [7, 11) is 0. The van der Waals surface area contributed by atoms with Crippen LogP contribution in [0.1, 0.15) is 27.2 Å². The normalized spacial score (nSPS) is 12.0. The first-order valence-electron chi connectivity index (χ1n) is 8.46. The number of amides is 1. The average molecular weight is 359 g/mol. The van der Waals surface area contributed by atoms with E-state index in [0.717, 1.165) is 28.3 Å². The lowest BCUT2D eigenvalue weighted by molar-refractivity contribution is 0.0999. The van der Waals surface area contributed by atoms with Crippen molar-refractivity contribution in [2.45, 2.75) is 13.5 Å². The molecular formula is C21H17N3O3. The number of nitrogens with two attached hydrogens (primary N) is 1. The van der Waals surface area contributed by atoms with Gasteiger partial charge in [0, 0.05) is 17.9 Å². The molecule has 0 saturated carbocycles. The maximum atomic E-state index is 11.9. The van der Waals surface area contributed by atoms with Crippen LogP contribution >= 0.6 is 0 Å². The van der Waals surface area contributed by atoms with Crippen LogP contribution < -0.4 is 15.2 Å². The highest BCUT2D eigenvalue weighted by atomic mass is 16.7. The van der Waals surface area contributed by atoms with Crippen molar-refractivity contribution in [1.82, 2.24) is 4.57 Å². The van der Waals surface area contributed by atoms with Crippen LogP contribution in [0.15, 0.2) is 48.5 Å². The van der Waals surface area contributed by atoms with E-state index in [1.807, 2.05) is 41.8 Å². The second kappa shape index (κ2) is 6.54. The molecule has 0 aliphatic carbocycles. The minimum absolute atomic E-state index is 0.222. The van der Waals surface area contributed by atoms with Crippen molar-refractivity contribution in [1.29, 1.82) is 5.26 Å². The van der Waals surface area contributed by atoms with Crippen LogP contribution in [0.4, 0.5) is 0 Å². The number of hydrogen-bond donors (Lipinski definition) is 1. The molecule has 1 amide bonds. The zero-order valence-electron chi connectivity index (χ0n) is 14.7.